The Morgan fingerprint density at radius 3 is 2.43 bits per heavy atom. The molecule has 0 radical (unpaired) electrons. The van der Waals surface area contributed by atoms with Crippen LogP contribution >= 0.6 is 0 Å². The van der Waals surface area contributed by atoms with Crippen LogP contribution in [0.25, 0.3) is 0 Å². The van der Waals surface area contributed by atoms with Crippen molar-refractivity contribution in [3.05, 3.63) is 76.9 Å². The highest BCUT2D eigenvalue weighted by Gasteiger charge is 2.48. The number of benzene rings is 3. The van der Waals surface area contributed by atoms with E-state index in [-0.39, 0.29) is 24.4 Å². The molecule has 35 heavy (non-hydrogen) atoms. The Labute approximate surface area is 204 Å². The number of phenols is 1. The normalized spacial score (nSPS) is 19.8. The molecule has 1 aliphatic heterocycles. The molecule has 3 aromatic rings. The van der Waals surface area contributed by atoms with Crippen LogP contribution in [0.4, 0.5) is 0 Å². The number of aromatic hydroxyl groups is 1. The highest BCUT2D eigenvalue weighted by atomic mass is 16.7. The van der Waals surface area contributed by atoms with E-state index in [0.717, 1.165) is 28.9 Å². The molecular formula is C28H28O7. The van der Waals surface area contributed by atoms with Crippen molar-refractivity contribution in [1.29, 1.82) is 0 Å². The minimum atomic E-state index is -0.615. The summed E-state index contributed by atoms with van der Waals surface area (Å²) < 4.78 is 27.6. The first-order valence-electron chi connectivity index (χ1n) is 11.7. The standard InChI is InChI=1S/C28H28O7/c1-4-11-33-18-7-8-19-21(13-18)26(20-9-6-17(31-2)14-22(20)29)27(28(30)32-3)25(19)16-5-10-23-24(12-16)35-15-34-23/h5-10,12-14,25-27,29H,4,11,15H2,1-3H3/t25-,26+,27+/m0/s1. The maximum absolute atomic E-state index is 13.4. The van der Waals surface area contributed by atoms with Gasteiger partial charge in [0, 0.05) is 23.5 Å². The zero-order valence-electron chi connectivity index (χ0n) is 19.9. The summed E-state index contributed by atoms with van der Waals surface area (Å²) in [6, 6.07) is 16.8. The van der Waals surface area contributed by atoms with Crippen LogP contribution in [-0.4, -0.2) is 38.7 Å². The highest BCUT2D eigenvalue weighted by Crippen LogP contribution is 2.56. The number of hydrogen-bond acceptors (Lipinski definition) is 7. The Balaban J connectivity index is 1.70. The average Bonchev–Trinajstić information content (AvgIpc) is 3.48. The summed E-state index contributed by atoms with van der Waals surface area (Å²) in [6.45, 7) is 2.80. The van der Waals surface area contributed by atoms with Gasteiger partial charge in [-0.1, -0.05) is 25.1 Å². The van der Waals surface area contributed by atoms with E-state index in [2.05, 4.69) is 6.92 Å². The fourth-order valence-corrected chi connectivity index (χ4v) is 5.17. The van der Waals surface area contributed by atoms with Gasteiger partial charge in [0.1, 0.15) is 17.2 Å². The maximum atomic E-state index is 13.4. The monoisotopic (exact) mass is 476 g/mol. The maximum Gasteiger partial charge on any atom is 0.310 e. The van der Waals surface area contributed by atoms with Gasteiger partial charge in [-0.25, -0.2) is 0 Å². The topological polar surface area (TPSA) is 83.5 Å². The lowest BCUT2D eigenvalue weighted by molar-refractivity contribution is -0.146. The Hall–Kier alpha value is -3.87. The van der Waals surface area contributed by atoms with Crippen LogP contribution in [0.3, 0.4) is 0 Å². The third-order valence-electron chi connectivity index (χ3n) is 6.72. The predicted octanol–water partition coefficient (Wildman–Crippen LogP) is 4.98. The Bertz CT molecular complexity index is 1250. The Morgan fingerprint density at radius 2 is 1.69 bits per heavy atom. The van der Waals surface area contributed by atoms with Crippen molar-refractivity contribution < 1.29 is 33.6 Å². The molecule has 0 amide bonds. The van der Waals surface area contributed by atoms with E-state index in [0.29, 0.717) is 29.4 Å². The van der Waals surface area contributed by atoms with Crippen LogP contribution in [0.5, 0.6) is 28.7 Å². The van der Waals surface area contributed by atoms with Crippen LogP contribution in [0.1, 0.15) is 47.4 Å². The second-order valence-corrected chi connectivity index (χ2v) is 8.68. The number of esters is 1. The summed E-state index contributed by atoms with van der Waals surface area (Å²) in [6.07, 6.45) is 0.879. The number of carbonyl (C=O) groups excluding carboxylic acids is 1. The summed E-state index contributed by atoms with van der Waals surface area (Å²) in [5, 5.41) is 11.0. The van der Waals surface area contributed by atoms with Gasteiger partial charge >= 0.3 is 5.97 Å². The third-order valence-corrected chi connectivity index (χ3v) is 6.72. The van der Waals surface area contributed by atoms with Crippen LogP contribution in [-0.2, 0) is 9.53 Å². The predicted molar refractivity (Wildman–Crippen MR) is 129 cm³/mol. The Kier molecular flexibility index (Phi) is 6.16. The zero-order valence-corrected chi connectivity index (χ0v) is 19.9. The van der Waals surface area contributed by atoms with E-state index in [4.69, 9.17) is 23.7 Å². The van der Waals surface area contributed by atoms with Gasteiger partial charge in [-0.3, -0.25) is 4.79 Å². The molecule has 1 N–H and O–H groups in total. The van der Waals surface area contributed by atoms with Gasteiger partial charge < -0.3 is 28.8 Å². The summed E-state index contributed by atoms with van der Waals surface area (Å²) >= 11 is 0. The molecule has 1 heterocycles. The van der Waals surface area contributed by atoms with Gasteiger partial charge in [0.2, 0.25) is 6.79 Å². The van der Waals surface area contributed by atoms with E-state index < -0.39 is 11.8 Å². The van der Waals surface area contributed by atoms with Crippen molar-refractivity contribution in [2.45, 2.75) is 25.2 Å². The molecule has 1 aliphatic carbocycles. The molecule has 2 aliphatic rings. The van der Waals surface area contributed by atoms with Gasteiger partial charge in [-0.2, -0.15) is 0 Å². The van der Waals surface area contributed by atoms with Crippen LogP contribution in [0, 0.1) is 5.92 Å². The summed E-state index contributed by atoms with van der Waals surface area (Å²) in [7, 11) is 2.94. The molecule has 0 bridgehead atoms. The first kappa shape index (κ1) is 22.9. The number of carbonyl (C=O) groups is 1. The van der Waals surface area contributed by atoms with Crippen molar-refractivity contribution in [3.8, 4) is 28.7 Å². The van der Waals surface area contributed by atoms with E-state index in [1.165, 1.54) is 7.11 Å². The van der Waals surface area contributed by atoms with Gasteiger partial charge in [-0.05, 0) is 53.4 Å². The minimum Gasteiger partial charge on any atom is -0.508 e. The molecule has 182 valence electrons. The molecule has 5 rings (SSSR count). The smallest absolute Gasteiger partial charge is 0.310 e. The second kappa shape index (κ2) is 9.41. The van der Waals surface area contributed by atoms with Crippen molar-refractivity contribution in [1.82, 2.24) is 0 Å². The largest absolute Gasteiger partial charge is 0.508 e. The highest BCUT2D eigenvalue weighted by molar-refractivity contribution is 5.80. The number of fused-ring (bicyclic) bond motifs is 2. The zero-order chi connectivity index (χ0) is 24.5. The molecule has 3 aromatic carbocycles. The first-order chi connectivity index (χ1) is 17.0. The quantitative estimate of drug-likeness (QED) is 0.481. The molecule has 0 unspecified atom stereocenters. The molecule has 0 spiro atoms. The van der Waals surface area contributed by atoms with Crippen molar-refractivity contribution in [2.75, 3.05) is 27.6 Å². The van der Waals surface area contributed by atoms with Crippen LogP contribution in [0.15, 0.2) is 54.6 Å². The lowest BCUT2D eigenvalue weighted by Gasteiger charge is -2.25. The number of phenolic OH excluding ortho intramolecular Hbond substituents is 1. The van der Waals surface area contributed by atoms with Crippen LogP contribution in [0.2, 0.25) is 0 Å². The fraction of sp³-hybridized carbons (Fsp3) is 0.321. The number of hydrogen-bond donors (Lipinski definition) is 1. The molecular weight excluding hydrogens is 448 g/mol. The molecule has 0 saturated carbocycles. The van der Waals surface area contributed by atoms with Gasteiger partial charge in [0.15, 0.2) is 11.5 Å². The first-order valence-corrected chi connectivity index (χ1v) is 11.7. The van der Waals surface area contributed by atoms with Gasteiger partial charge in [0.25, 0.3) is 0 Å². The summed E-state index contributed by atoms with van der Waals surface area (Å²) in [5.74, 6) is 0.879. The molecule has 7 nitrogen and oxygen atoms in total. The van der Waals surface area contributed by atoms with Crippen LogP contribution < -0.4 is 18.9 Å². The molecule has 7 heteroatoms. The second-order valence-electron chi connectivity index (χ2n) is 8.68. The van der Waals surface area contributed by atoms with Crippen molar-refractivity contribution in [3.63, 3.8) is 0 Å². The van der Waals surface area contributed by atoms with E-state index in [1.807, 2.05) is 36.4 Å². The molecule has 3 atom stereocenters. The van der Waals surface area contributed by atoms with E-state index in [1.54, 1.807) is 25.3 Å². The minimum absolute atomic E-state index is 0.0559. The van der Waals surface area contributed by atoms with E-state index >= 15 is 0 Å². The lowest BCUT2D eigenvalue weighted by atomic mass is 9.79. The fourth-order valence-electron chi connectivity index (χ4n) is 5.17. The number of ether oxygens (including phenoxy) is 5. The van der Waals surface area contributed by atoms with Gasteiger partial charge in [0.05, 0.1) is 26.7 Å². The number of methoxy groups -OCH3 is 2. The summed E-state index contributed by atoms with van der Waals surface area (Å²) in [4.78, 5) is 13.4. The van der Waals surface area contributed by atoms with Gasteiger partial charge in [-0.15, -0.1) is 0 Å². The summed E-state index contributed by atoms with van der Waals surface area (Å²) in [5.41, 5.74) is 3.42. The SMILES string of the molecule is CCCOc1ccc2c(c1)[C@@H](c1ccc(OC)cc1O)[C@H](C(=O)OC)[C@H]2c1ccc2c(c1)OCO2. The molecule has 0 saturated heterocycles. The lowest BCUT2D eigenvalue weighted by Crippen LogP contribution is -2.25. The molecule has 0 aromatic heterocycles. The van der Waals surface area contributed by atoms with E-state index in [9.17, 15) is 9.90 Å². The Morgan fingerprint density at radius 1 is 0.914 bits per heavy atom. The van der Waals surface area contributed by atoms with Crippen molar-refractivity contribution >= 4 is 5.97 Å². The van der Waals surface area contributed by atoms with Crippen molar-refractivity contribution in [2.24, 2.45) is 5.92 Å². The third kappa shape index (κ3) is 4.01. The number of rotatable bonds is 7. The average molecular weight is 477 g/mol. The molecule has 0 fully saturated rings.